The first-order chi connectivity index (χ1) is 11.2. The highest BCUT2D eigenvalue weighted by molar-refractivity contribution is 6.19. The molecule has 0 aromatic heterocycles. The lowest BCUT2D eigenvalue weighted by molar-refractivity contribution is -0.125. The summed E-state index contributed by atoms with van der Waals surface area (Å²) in [7, 11) is 0. The van der Waals surface area contributed by atoms with Crippen molar-refractivity contribution in [3.63, 3.8) is 0 Å². The molecule has 2 rings (SSSR count). The van der Waals surface area contributed by atoms with Gasteiger partial charge in [0.05, 0.1) is 0 Å². The molecule has 1 unspecified atom stereocenters. The van der Waals surface area contributed by atoms with Crippen molar-refractivity contribution in [2.24, 2.45) is 0 Å². The number of rotatable bonds is 7. The standard InChI is InChI=1S/C19H27FN2O/c1-3-12-22(13-4-2)19(23)17(14-15-8-7-11-21-15)16-9-5-6-10-18(16)20/h5-6,9-10,14-15,21H,3-4,7-8,11-13H2,1-2H3/b17-14-. The van der Waals surface area contributed by atoms with Crippen LogP contribution >= 0.6 is 0 Å². The number of amides is 1. The van der Waals surface area contributed by atoms with Crippen LogP contribution in [0, 0.1) is 5.82 Å². The number of hydrogen-bond donors (Lipinski definition) is 1. The summed E-state index contributed by atoms with van der Waals surface area (Å²) in [6.07, 6.45) is 5.81. The molecule has 0 spiro atoms. The van der Waals surface area contributed by atoms with Gasteiger partial charge in [-0.25, -0.2) is 4.39 Å². The van der Waals surface area contributed by atoms with Gasteiger partial charge in [0.15, 0.2) is 0 Å². The number of hydrogen-bond acceptors (Lipinski definition) is 2. The fraction of sp³-hybridized carbons (Fsp3) is 0.526. The predicted octanol–water partition coefficient (Wildman–Crippen LogP) is 3.61. The van der Waals surface area contributed by atoms with Crippen molar-refractivity contribution in [1.82, 2.24) is 10.2 Å². The zero-order valence-electron chi connectivity index (χ0n) is 14.1. The Morgan fingerprint density at radius 1 is 1.30 bits per heavy atom. The summed E-state index contributed by atoms with van der Waals surface area (Å²) in [5, 5.41) is 3.36. The van der Waals surface area contributed by atoms with Gasteiger partial charge in [0.2, 0.25) is 0 Å². The van der Waals surface area contributed by atoms with Gasteiger partial charge >= 0.3 is 0 Å². The fourth-order valence-corrected chi connectivity index (χ4v) is 3.04. The third kappa shape index (κ3) is 4.64. The summed E-state index contributed by atoms with van der Waals surface area (Å²) < 4.78 is 14.3. The average molecular weight is 318 g/mol. The molecular formula is C19H27FN2O. The Balaban J connectivity index is 2.36. The van der Waals surface area contributed by atoms with Gasteiger partial charge in [-0.05, 0) is 38.3 Å². The molecule has 0 bridgehead atoms. The zero-order valence-corrected chi connectivity index (χ0v) is 14.1. The molecule has 4 heteroatoms. The maximum Gasteiger partial charge on any atom is 0.254 e. The van der Waals surface area contributed by atoms with E-state index in [0.29, 0.717) is 24.2 Å². The van der Waals surface area contributed by atoms with Crippen LogP contribution in [0.25, 0.3) is 5.57 Å². The smallest absolute Gasteiger partial charge is 0.254 e. The molecule has 1 fully saturated rings. The summed E-state index contributed by atoms with van der Waals surface area (Å²) >= 11 is 0. The Kier molecular flexibility index (Phi) is 6.78. The Morgan fingerprint density at radius 2 is 2.00 bits per heavy atom. The van der Waals surface area contributed by atoms with Gasteiger partial charge in [0.25, 0.3) is 5.91 Å². The Hall–Kier alpha value is -1.68. The first kappa shape index (κ1) is 17.7. The monoisotopic (exact) mass is 318 g/mol. The van der Waals surface area contributed by atoms with Gasteiger partial charge in [-0.3, -0.25) is 4.79 Å². The van der Waals surface area contributed by atoms with Gasteiger partial charge < -0.3 is 10.2 Å². The zero-order chi connectivity index (χ0) is 16.7. The Bertz CT molecular complexity index is 544. The number of carbonyl (C=O) groups excluding carboxylic acids is 1. The van der Waals surface area contributed by atoms with Gasteiger partial charge in [0, 0.05) is 30.3 Å². The molecule has 126 valence electrons. The molecule has 23 heavy (non-hydrogen) atoms. The predicted molar refractivity (Wildman–Crippen MR) is 92.6 cm³/mol. The minimum absolute atomic E-state index is 0.0625. The van der Waals surface area contributed by atoms with E-state index in [1.54, 1.807) is 18.2 Å². The van der Waals surface area contributed by atoms with Crippen LogP contribution in [0.3, 0.4) is 0 Å². The van der Waals surface area contributed by atoms with Crippen LogP contribution in [-0.2, 0) is 4.79 Å². The number of nitrogens with zero attached hydrogens (tertiary/aromatic N) is 1. The van der Waals surface area contributed by atoms with Crippen LogP contribution in [0.4, 0.5) is 4.39 Å². The maximum atomic E-state index is 14.3. The number of halogens is 1. The van der Waals surface area contributed by atoms with Crippen LogP contribution < -0.4 is 5.32 Å². The normalized spacial score (nSPS) is 18.2. The number of nitrogens with one attached hydrogen (secondary N) is 1. The molecule has 1 N–H and O–H groups in total. The van der Waals surface area contributed by atoms with E-state index >= 15 is 0 Å². The van der Waals surface area contributed by atoms with E-state index in [9.17, 15) is 9.18 Å². The Morgan fingerprint density at radius 3 is 2.57 bits per heavy atom. The second-order valence-electron chi connectivity index (χ2n) is 6.06. The first-order valence-corrected chi connectivity index (χ1v) is 8.66. The van der Waals surface area contributed by atoms with Crippen LogP contribution in [0.1, 0.15) is 45.1 Å². The largest absolute Gasteiger partial charge is 0.339 e. The summed E-state index contributed by atoms with van der Waals surface area (Å²) in [4.78, 5) is 14.9. The van der Waals surface area contributed by atoms with Crippen LogP contribution in [-0.4, -0.2) is 36.5 Å². The van der Waals surface area contributed by atoms with E-state index in [0.717, 1.165) is 32.2 Å². The summed E-state index contributed by atoms with van der Waals surface area (Å²) in [6, 6.07) is 6.71. The molecule has 0 aliphatic carbocycles. The highest BCUT2D eigenvalue weighted by Gasteiger charge is 2.23. The van der Waals surface area contributed by atoms with E-state index in [4.69, 9.17) is 0 Å². The van der Waals surface area contributed by atoms with Crippen LogP contribution in [0.2, 0.25) is 0 Å². The molecule has 0 radical (unpaired) electrons. The number of benzene rings is 1. The van der Waals surface area contributed by atoms with Crippen LogP contribution in [0.15, 0.2) is 30.3 Å². The topological polar surface area (TPSA) is 32.3 Å². The highest BCUT2D eigenvalue weighted by atomic mass is 19.1. The first-order valence-electron chi connectivity index (χ1n) is 8.66. The SMILES string of the molecule is CCCN(CCC)C(=O)/C(=C\C1CCCN1)c1ccccc1F. The second kappa shape index (κ2) is 8.82. The van der Waals surface area contributed by atoms with Crippen molar-refractivity contribution in [1.29, 1.82) is 0 Å². The van der Waals surface area contributed by atoms with Crippen molar-refractivity contribution in [3.05, 3.63) is 41.7 Å². The summed E-state index contributed by atoms with van der Waals surface area (Å²) in [5.74, 6) is -0.398. The van der Waals surface area contributed by atoms with Crippen molar-refractivity contribution < 1.29 is 9.18 Å². The van der Waals surface area contributed by atoms with Gasteiger partial charge in [-0.15, -0.1) is 0 Å². The molecule has 1 aliphatic rings. The molecule has 1 aromatic carbocycles. The van der Waals surface area contributed by atoms with Crippen molar-refractivity contribution in [2.75, 3.05) is 19.6 Å². The van der Waals surface area contributed by atoms with E-state index < -0.39 is 0 Å². The molecule has 1 aliphatic heterocycles. The van der Waals surface area contributed by atoms with Gasteiger partial charge in [-0.1, -0.05) is 38.1 Å². The minimum Gasteiger partial charge on any atom is -0.339 e. The average Bonchev–Trinajstić information content (AvgIpc) is 3.06. The van der Waals surface area contributed by atoms with Gasteiger partial charge in [0.1, 0.15) is 5.82 Å². The van der Waals surface area contributed by atoms with Gasteiger partial charge in [-0.2, -0.15) is 0 Å². The fourth-order valence-electron chi connectivity index (χ4n) is 3.04. The molecule has 0 saturated carbocycles. The molecule has 1 atom stereocenters. The second-order valence-corrected chi connectivity index (χ2v) is 6.06. The quantitative estimate of drug-likeness (QED) is 0.779. The minimum atomic E-state index is -0.335. The highest BCUT2D eigenvalue weighted by Crippen LogP contribution is 2.23. The van der Waals surface area contributed by atoms with Crippen molar-refractivity contribution in [2.45, 2.75) is 45.6 Å². The molecular weight excluding hydrogens is 291 g/mol. The van der Waals surface area contributed by atoms with Crippen molar-refractivity contribution >= 4 is 11.5 Å². The Labute approximate surface area is 138 Å². The lowest BCUT2D eigenvalue weighted by Gasteiger charge is -2.24. The van der Waals surface area contributed by atoms with Crippen LogP contribution in [0.5, 0.6) is 0 Å². The number of carbonyl (C=O) groups is 1. The molecule has 3 nitrogen and oxygen atoms in total. The molecule has 1 aromatic rings. The van der Waals surface area contributed by atoms with E-state index in [1.807, 2.05) is 11.0 Å². The molecule has 1 saturated heterocycles. The van der Waals surface area contributed by atoms with E-state index in [2.05, 4.69) is 19.2 Å². The van der Waals surface area contributed by atoms with E-state index in [1.165, 1.54) is 6.07 Å². The molecule has 1 amide bonds. The maximum absolute atomic E-state index is 14.3. The summed E-state index contributed by atoms with van der Waals surface area (Å²) in [6.45, 7) is 6.47. The third-order valence-corrected chi connectivity index (χ3v) is 4.13. The molecule has 1 heterocycles. The lowest BCUT2D eigenvalue weighted by atomic mass is 10.00. The van der Waals surface area contributed by atoms with Crippen molar-refractivity contribution in [3.8, 4) is 0 Å². The lowest BCUT2D eigenvalue weighted by Crippen LogP contribution is -2.34. The summed E-state index contributed by atoms with van der Waals surface area (Å²) in [5.41, 5.74) is 0.896. The van der Waals surface area contributed by atoms with E-state index in [-0.39, 0.29) is 17.8 Å². The third-order valence-electron chi connectivity index (χ3n) is 4.13.